The molecule has 1 unspecified atom stereocenters. The predicted molar refractivity (Wildman–Crippen MR) is 96.2 cm³/mol. The Labute approximate surface area is 143 Å². The molecule has 0 heterocycles. The number of nitrogens with zero attached hydrogens (tertiary/aromatic N) is 1. The molecule has 0 aliphatic heterocycles. The van der Waals surface area contributed by atoms with Gasteiger partial charge in [-0.05, 0) is 50.6 Å². The largest absolute Gasteiger partial charge is 0.480 e. The van der Waals surface area contributed by atoms with Crippen LogP contribution in [0.2, 0.25) is 0 Å². The van der Waals surface area contributed by atoms with Crippen LogP contribution in [0.5, 0.6) is 0 Å². The van der Waals surface area contributed by atoms with E-state index in [9.17, 15) is 4.79 Å². The summed E-state index contributed by atoms with van der Waals surface area (Å²) >= 11 is 1.80. The highest BCUT2D eigenvalue weighted by Gasteiger charge is 2.34. The molecule has 4 nitrogen and oxygen atoms in total. The van der Waals surface area contributed by atoms with E-state index in [4.69, 9.17) is 5.11 Å². The summed E-state index contributed by atoms with van der Waals surface area (Å²) in [6.45, 7) is 5.23. The first kappa shape index (κ1) is 18.3. The van der Waals surface area contributed by atoms with Crippen molar-refractivity contribution in [3.05, 3.63) is 29.8 Å². The fraction of sp³-hybridized carbons (Fsp3) is 0.611. The number of hydrogen-bond acceptors (Lipinski definition) is 4. The Morgan fingerprint density at radius 2 is 2.13 bits per heavy atom. The maximum atomic E-state index is 10.9. The average molecular weight is 337 g/mol. The molecule has 1 saturated carbocycles. The summed E-state index contributed by atoms with van der Waals surface area (Å²) in [6.07, 6.45) is 5.26. The summed E-state index contributed by atoms with van der Waals surface area (Å²) in [5, 5.41) is 12.6. The van der Waals surface area contributed by atoms with E-state index in [1.165, 1.54) is 10.5 Å². The zero-order valence-corrected chi connectivity index (χ0v) is 15.1. The van der Waals surface area contributed by atoms with Crippen LogP contribution in [0.25, 0.3) is 0 Å². The number of aliphatic carboxylic acids is 1. The first-order valence-electron chi connectivity index (χ1n) is 8.37. The lowest BCUT2D eigenvalue weighted by Crippen LogP contribution is -2.55. The standard InChI is InChI=1S/C18H28N2O2S/c1-4-20(12-18(21)22)16-10-15(11-16)19-13(2)9-14-7-5-6-8-17(14)23-3/h5-8,13,15-16,19H,4,9-12H2,1-3H3,(H,21,22). The van der Waals surface area contributed by atoms with Gasteiger partial charge >= 0.3 is 5.97 Å². The lowest BCUT2D eigenvalue weighted by molar-refractivity contribution is -0.139. The van der Waals surface area contributed by atoms with Crippen molar-refractivity contribution in [1.82, 2.24) is 10.2 Å². The third-order valence-corrected chi connectivity index (χ3v) is 5.45. The van der Waals surface area contributed by atoms with Crippen molar-refractivity contribution in [2.24, 2.45) is 0 Å². The van der Waals surface area contributed by atoms with Crippen molar-refractivity contribution in [2.45, 2.75) is 56.1 Å². The second-order valence-corrected chi connectivity index (χ2v) is 7.21. The molecule has 1 aliphatic carbocycles. The number of carboxylic acid groups (broad SMARTS) is 1. The van der Waals surface area contributed by atoms with Crippen molar-refractivity contribution in [2.75, 3.05) is 19.3 Å². The average Bonchev–Trinajstić information content (AvgIpc) is 2.48. The van der Waals surface area contributed by atoms with Crippen LogP contribution in [-0.4, -0.2) is 53.4 Å². The molecule has 5 heteroatoms. The lowest BCUT2D eigenvalue weighted by atomic mass is 9.84. The minimum absolute atomic E-state index is 0.157. The minimum atomic E-state index is -0.731. The number of carbonyl (C=O) groups is 1. The molecule has 23 heavy (non-hydrogen) atoms. The number of nitrogens with one attached hydrogen (secondary N) is 1. The quantitative estimate of drug-likeness (QED) is 0.679. The minimum Gasteiger partial charge on any atom is -0.480 e. The van der Waals surface area contributed by atoms with E-state index >= 15 is 0 Å². The Balaban J connectivity index is 1.77. The van der Waals surface area contributed by atoms with E-state index in [0.29, 0.717) is 18.1 Å². The highest BCUT2D eigenvalue weighted by Crippen LogP contribution is 2.27. The van der Waals surface area contributed by atoms with Crippen LogP contribution in [0, 0.1) is 0 Å². The number of thioether (sulfide) groups is 1. The molecule has 1 atom stereocenters. The summed E-state index contributed by atoms with van der Waals surface area (Å²) in [7, 11) is 0. The third-order valence-electron chi connectivity index (χ3n) is 4.61. The van der Waals surface area contributed by atoms with Gasteiger partial charge in [0.05, 0.1) is 6.54 Å². The van der Waals surface area contributed by atoms with Gasteiger partial charge in [0, 0.05) is 23.0 Å². The van der Waals surface area contributed by atoms with E-state index in [0.717, 1.165) is 25.8 Å². The Kier molecular flexibility index (Phi) is 6.93. The van der Waals surface area contributed by atoms with Gasteiger partial charge in [0.15, 0.2) is 0 Å². The van der Waals surface area contributed by atoms with Crippen LogP contribution < -0.4 is 5.32 Å². The van der Waals surface area contributed by atoms with E-state index in [2.05, 4.69) is 47.7 Å². The molecule has 1 aliphatic rings. The van der Waals surface area contributed by atoms with Gasteiger partial charge in [-0.15, -0.1) is 11.8 Å². The third kappa shape index (κ3) is 5.23. The van der Waals surface area contributed by atoms with Crippen molar-refractivity contribution in [3.63, 3.8) is 0 Å². The molecule has 0 saturated heterocycles. The highest BCUT2D eigenvalue weighted by atomic mass is 32.2. The van der Waals surface area contributed by atoms with Crippen LogP contribution in [-0.2, 0) is 11.2 Å². The molecule has 0 amide bonds. The highest BCUT2D eigenvalue weighted by molar-refractivity contribution is 7.98. The van der Waals surface area contributed by atoms with Gasteiger partial charge in [-0.1, -0.05) is 25.1 Å². The molecule has 2 N–H and O–H groups in total. The Morgan fingerprint density at radius 3 is 2.74 bits per heavy atom. The van der Waals surface area contributed by atoms with Gasteiger partial charge < -0.3 is 10.4 Å². The number of hydrogen-bond donors (Lipinski definition) is 2. The summed E-state index contributed by atoms with van der Waals surface area (Å²) in [5.41, 5.74) is 1.40. The van der Waals surface area contributed by atoms with E-state index in [1.54, 1.807) is 11.8 Å². The summed E-state index contributed by atoms with van der Waals surface area (Å²) in [5.74, 6) is -0.731. The zero-order valence-electron chi connectivity index (χ0n) is 14.3. The molecule has 0 bridgehead atoms. The second kappa shape index (κ2) is 8.71. The molecule has 2 rings (SSSR count). The van der Waals surface area contributed by atoms with Gasteiger partial charge in [0.2, 0.25) is 0 Å². The topological polar surface area (TPSA) is 52.6 Å². The van der Waals surface area contributed by atoms with Gasteiger partial charge in [-0.25, -0.2) is 0 Å². The van der Waals surface area contributed by atoms with E-state index in [1.807, 2.05) is 6.92 Å². The first-order chi connectivity index (χ1) is 11.0. The van der Waals surface area contributed by atoms with Gasteiger partial charge in [0.1, 0.15) is 0 Å². The Hall–Kier alpha value is -1.04. The summed E-state index contributed by atoms with van der Waals surface area (Å²) < 4.78 is 0. The van der Waals surface area contributed by atoms with Crippen molar-refractivity contribution < 1.29 is 9.90 Å². The van der Waals surface area contributed by atoms with Crippen molar-refractivity contribution in [3.8, 4) is 0 Å². The number of rotatable bonds is 9. The SMILES string of the molecule is CCN(CC(=O)O)C1CC(NC(C)Cc2ccccc2SC)C1. The van der Waals surface area contributed by atoms with Crippen LogP contribution >= 0.6 is 11.8 Å². The molecule has 1 aromatic carbocycles. The Bertz CT molecular complexity index is 517. The molecule has 0 aromatic heterocycles. The van der Waals surface area contributed by atoms with Crippen LogP contribution in [0.1, 0.15) is 32.3 Å². The number of benzene rings is 1. The smallest absolute Gasteiger partial charge is 0.317 e. The molecule has 1 aromatic rings. The van der Waals surface area contributed by atoms with Crippen LogP contribution in [0.4, 0.5) is 0 Å². The van der Waals surface area contributed by atoms with Crippen LogP contribution in [0.15, 0.2) is 29.2 Å². The molecule has 128 valence electrons. The maximum absolute atomic E-state index is 10.9. The summed E-state index contributed by atoms with van der Waals surface area (Å²) in [4.78, 5) is 14.3. The number of likely N-dealkylation sites (N-methyl/N-ethyl adjacent to an activating group) is 1. The maximum Gasteiger partial charge on any atom is 0.317 e. The second-order valence-electron chi connectivity index (χ2n) is 6.36. The van der Waals surface area contributed by atoms with Gasteiger partial charge in [-0.3, -0.25) is 9.69 Å². The first-order valence-corrected chi connectivity index (χ1v) is 9.59. The van der Waals surface area contributed by atoms with E-state index in [-0.39, 0.29) is 6.54 Å². The predicted octanol–water partition coefficient (Wildman–Crippen LogP) is 2.87. The zero-order chi connectivity index (χ0) is 16.8. The number of carboxylic acids is 1. The van der Waals surface area contributed by atoms with Crippen molar-refractivity contribution in [1.29, 1.82) is 0 Å². The fourth-order valence-electron chi connectivity index (χ4n) is 3.36. The molecule has 1 fully saturated rings. The lowest BCUT2D eigenvalue weighted by Gasteiger charge is -2.43. The van der Waals surface area contributed by atoms with Crippen molar-refractivity contribution >= 4 is 17.7 Å². The van der Waals surface area contributed by atoms with Gasteiger partial charge in [0.25, 0.3) is 0 Å². The molecular weight excluding hydrogens is 308 g/mol. The normalized spacial score (nSPS) is 21.9. The fourth-order valence-corrected chi connectivity index (χ4v) is 3.99. The van der Waals surface area contributed by atoms with Gasteiger partial charge in [-0.2, -0.15) is 0 Å². The molecule has 0 radical (unpaired) electrons. The molecule has 0 spiro atoms. The van der Waals surface area contributed by atoms with Crippen LogP contribution in [0.3, 0.4) is 0 Å². The summed E-state index contributed by atoms with van der Waals surface area (Å²) in [6, 6.07) is 9.94. The monoisotopic (exact) mass is 336 g/mol. The molecular formula is C18H28N2O2S. The Morgan fingerprint density at radius 1 is 1.43 bits per heavy atom. The van der Waals surface area contributed by atoms with E-state index < -0.39 is 5.97 Å².